The van der Waals surface area contributed by atoms with E-state index in [4.69, 9.17) is 13.9 Å². The van der Waals surface area contributed by atoms with E-state index in [1.165, 1.54) is 12.3 Å². The van der Waals surface area contributed by atoms with Crippen LogP contribution in [0.4, 0.5) is 0 Å². The molecule has 1 saturated heterocycles. The van der Waals surface area contributed by atoms with E-state index in [2.05, 4.69) is 4.90 Å². The summed E-state index contributed by atoms with van der Waals surface area (Å²) in [6.45, 7) is 6.31. The third-order valence-corrected chi connectivity index (χ3v) is 5.56. The molecule has 1 amide bonds. The van der Waals surface area contributed by atoms with E-state index in [0.29, 0.717) is 38.7 Å². The van der Waals surface area contributed by atoms with E-state index < -0.39 is 23.5 Å². The van der Waals surface area contributed by atoms with Crippen molar-refractivity contribution in [3.05, 3.63) is 65.3 Å². The molecule has 0 bridgehead atoms. The van der Waals surface area contributed by atoms with Crippen molar-refractivity contribution in [1.82, 2.24) is 9.80 Å². The van der Waals surface area contributed by atoms with Gasteiger partial charge in [0.2, 0.25) is 5.78 Å². The van der Waals surface area contributed by atoms with Crippen LogP contribution in [0, 0.1) is 0 Å². The summed E-state index contributed by atoms with van der Waals surface area (Å²) < 4.78 is 16.1. The Morgan fingerprint density at radius 2 is 1.90 bits per heavy atom. The van der Waals surface area contributed by atoms with Gasteiger partial charge in [-0.1, -0.05) is 12.1 Å². The Balaban J connectivity index is 1.65. The monoisotopic (exact) mass is 426 g/mol. The van der Waals surface area contributed by atoms with Gasteiger partial charge in [0.1, 0.15) is 5.75 Å². The van der Waals surface area contributed by atoms with E-state index >= 15 is 0 Å². The number of rotatable bonds is 8. The molecule has 8 nitrogen and oxygen atoms in total. The molecule has 2 aliphatic rings. The highest BCUT2D eigenvalue weighted by molar-refractivity contribution is 6.15. The zero-order chi connectivity index (χ0) is 21.8. The topological polar surface area (TPSA) is 92.5 Å². The number of aliphatic hydroxyl groups is 1. The van der Waals surface area contributed by atoms with Gasteiger partial charge in [-0.15, -0.1) is 0 Å². The van der Waals surface area contributed by atoms with Gasteiger partial charge in [0.25, 0.3) is 5.91 Å². The maximum Gasteiger partial charge on any atom is 0.290 e. The second-order valence-electron chi connectivity index (χ2n) is 7.43. The molecule has 8 heteroatoms. The van der Waals surface area contributed by atoms with Crippen molar-refractivity contribution >= 4 is 11.7 Å². The highest BCUT2D eigenvalue weighted by Gasteiger charge is 2.44. The Hall–Kier alpha value is -3.10. The zero-order valence-electron chi connectivity index (χ0n) is 17.5. The number of benzene rings is 1. The van der Waals surface area contributed by atoms with Crippen molar-refractivity contribution in [3.63, 3.8) is 0 Å². The van der Waals surface area contributed by atoms with Crippen molar-refractivity contribution in [2.45, 2.75) is 13.0 Å². The van der Waals surface area contributed by atoms with Crippen molar-refractivity contribution in [3.8, 4) is 5.75 Å². The van der Waals surface area contributed by atoms with Gasteiger partial charge in [0.05, 0.1) is 37.7 Å². The predicted octanol–water partition coefficient (Wildman–Crippen LogP) is 2.59. The minimum atomic E-state index is -0.707. The molecular weight excluding hydrogens is 400 g/mol. The molecule has 1 aromatic carbocycles. The Labute approximate surface area is 180 Å². The lowest BCUT2D eigenvalue weighted by Crippen LogP contribution is -2.43. The molecule has 0 aliphatic carbocycles. The number of amides is 1. The normalized spacial score (nSPS) is 19.8. The van der Waals surface area contributed by atoms with Gasteiger partial charge in [0, 0.05) is 26.2 Å². The minimum Gasteiger partial charge on any atom is -0.503 e. The fourth-order valence-electron chi connectivity index (χ4n) is 3.99. The number of carbonyl (C=O) groups is 2. The summed E-state index contributed by atoms with van der Waals surface area (Å²) in [4.78, 5) is 29.9. The number of furan rings is 1. The molecule has 1 atom stereocenters. The van der Waals surface area contributed by atoms with E-state index in [1.807, 2.05) is 19.1 Å². The summed E-state index contributed by atoms with van der Waals surface area (Å²) in [5, 5.41) is 10.7. The Kier molecular flexibility index (Phi) is 6.39. The van der Waals surface area contributed by atoms with Crippen molar-refractivity contribution < 1.29 is 28.6 Å². The van der Waals surface area contributed by atoms with Crippen LogP contribution < -0.4 is 4.74 Å². The third kappa shape index (κ3) is 4.35. The second-order valence-corrected chi connectivity index (χ2v) is 7.43. The summed E-state index contributed by atoms with van der Waals surface area (Å²) in [6.07, 6.45) is 1.39. The molecule has 4 rings (SSSR count). The van der Waals surface area contributed by atoms with Crippen LogP contribution in [0.3, 0.4) is 0 Å². The van der Waals surface area contributed by atoms with Crippen molar-refractivity contribution in [2.75, 3.05) is 46.0 Å². The Morgan fingerprint density at radius 3 is 2.55 bits per heavy atom. The van der Waals surface area contributed by atoms with Crippen LogP contribution in [-0.2, 0) is 9.53 Å². The molecule has 0 saturated carbocycles. The van der Waals surface area contributed by atoms with Gasteiger partial charge < -0.3 is 23.9 Å². The van der Waals surface area contributed by atoms with Crippen molar-refractivity contribution in [2.24, 2.45) is 0 Å². The summed E-state index contributed by atoms with van der Waals surface area (Å²) in [5.41, 5.74) is 0.754. The molecule has 1 fully saturated rings. The molecule has 1 N–H and O–H groups in total. The molecular formula is C23H26N2O6. The number of ketones is 1. The van der Waals surface area contributed by atoms with Crippen LogP contribution in [0.1, 0.15) is 29.1 Å². The molecule has 3 heterocycles. The summed E-state index contributed by atoms with van der Waals surface area (Å²) in [7, 11) is 0. The Morgan fingerprint density at radius 1 is 1.16 bits per heavy atom. The number of hydrogen-bond donors (Lipinski definition) is 1. The van der Waals surface area contributed by atoms with Gasteiger partial charge in [-0.3, -0.25) is 14.5 Å². The van der Waals surface area contributed by atoms with E-state index in [1.54, 1.807) is 23.1 Å². The van der Waals surface area contributed by atoms with Gasteiger partial charge in [-0.2, -0.15) is 0 Å². The van der Waals surface area contributed by atoms with E-state index in [9.17, 15) is 14.7 Å². The number of hydrogen-bond acceptors (Lipinski definition) is 7. The molecule has 1 aromatic heterocycles. The maximum atomic E-state index is 13.1. The number of carbonyl (C=O) groups excluding carboxylic acids is 2. The molecule has 2 aromatic rings. The minimum absolute atomic E-state index is 0.0334. The van der Waals surface area contributed by atoms with Gasteiger partial charge >= 0.3 is 0 Å². The van der Waals surface area contributed by atoms with Crippen LogP contribution in [0.2, 0.25) is 0 Å². The van der Waals surface area contributed by atoms with Crippen LogP contribution in [0.25, 0.3) is 0 Å². The van der Waals surface area contributed by atoms with Crippen LogP contribution in [0.15, 0.2) is 58.4 Å². The lowest BCUT2D eigenvalue weighted by molar-refractivity contribution is -0.129. The fraction of sp³-hybridized carbons (Fsp3) is 0.391. The highest BCUT2D eigenvalue weighted by Crippen LogP contribution is 2.39. The lowest BCUT2D eigenvalue weighted by atomic mass is 9.95. The average molecular weight is 426 g/mol. The van der Waals surface area contributed by atoms with Crippen LogP contribution >= 0.6 is 0 Å². The lowest BCUT2D eigenvalue weighted by Gasteiger charge is -2.31. The molecule has 0 radical (unpaired) electrons. The first-order valence-electron chi connectivity index (χ1n) is 10.4. The van der Waals surface area contributed by atoms with Gasteiger partial charge in [-0.05, 0) is 36.8 Å². The first-order chi connectivity index (χ1) is 15.1. The summed E-state index contributed by atoms with van der Waals surface area (Å²) in [6, 6.07) is 9.66. The fourth-order valence-corrected chi connectivity index (χ4v) is 3.99. The number of nitrogens with zero attached hydrogens (tertiary/aromatic N) is 2. The smallest absolute Gasteiger partial charge is 0.290 e. The first kappa shape index (κ1) is 21.1. The zero-order valence-corrected chi connectivity index (χ0v) is 17.5. The third-order valence-electron chi connectivity index (χ3n) is 5.56. The molecule has 2 aliphatic heterocycles. The van der Waals surface area contributed by atoms with E-state index in [0.717, 1.165) is 18.7 Å². The summed E-state index contributed by atoms with van der Waals surface area (Å²) >= 11 is 0. The average Bonchev–Trinajstić information content (AvgIpc) is 3.41. The molecule has 0 unspecified atom stereocenters. The highest BCUT2D eigenvalue weighted by atomic mass is 16.5. The SMILES string of the molecule is CCOc1ccc([C@H]2C(C(=O)c3ccco3)=C(O)C(=O)N2CCN2CCOCC2)cc1. The quantitative estimate of drug-likeness (QED) is 0.649. The maximum absolute atomic E-state index is 13.1. The number of Topliss-reactive ketones (excluding diaryl/α,β-unsaturated/α-hetero) is 1. The number of morpholine rings is 1. The summed E-state index contributed by atoms with van der Waals surface area (Å²) in [5.74, 6) is -0.796. The van der Waals surface area contributed by atoms with Gasteiger partial charge in [0.15, 0.2) is 11.5 Å². The second kappa shape index (κ2) is 9.36. The predicted molar refractivity (Wildman–Crippen MR) is 112 cm³/mol. The Bertz CT molecular complexity index is 945. The number of aliphatic hydroxyl groups excluding tert-OH is 1. The molecule has 0 spiro atoms. The van der Waals surface area contributed by atoms with Gasteiger partial charge in [-0.25, -0.2) is 0 Å². The first-order valence-corrected chi connectivity index (χ1v) is 10.4. The standard InChI is InChI=1S/C23H26N2O6/c1-2-30-17-7-5-16(6-8-17)20-19(21(26)18-4-3-13-31-18)22(27)23(28)25(20)10-9-24-11-14-29-15-12-24/h3-8,13,20,27H,2,9-12,14-15H2,1H3/t20-/m0/s1. The largest absolute Gasteiger partial charge is 0.503 e. The molecule has 31 heavy (non-hydrogen) atoms. The van der Waals surface area contributed by atoms with Crippen LogP contribution in [-0.4, -0.2) is 72.6 Å². The number of ether oxygens (including phenoxy) is 2. The van der Waals surface area contributed by atoms with E-state index in [-0.39, 0.29) is 11.3 Å². The van der Waals surface area contributed by atoms with Crippen LogP contribution in [0.5, 0.6) is 5.75 Å². The van der Waals surface area contributed by atoms with Crippen molar-refractivity contribution in [1.29, 1.82) is 0 Å². The molecule has 164 valence electrons.